The molecule has 0 unspecified atom stereocenters. The topological polar surface area (TPSA) is 92.2 Å². The van der Waals surface area contributed by atoms with Gasteiger partial charge in [-0.15, -0.1) is 0 Å². The minimum Gasteiger partial charge on any atom is -0.481 e. The molecule has 0 aliphatic rings. The van der Waals surface area contributed by atoms with Gasteiger partial charge in [0.1, 0.15) is 0 Å². The van der Waals surface area contributed by atoms with Crippen molar-refractivity contribution < 1.29 is 14.7 Å². The SMILES string of the molecule is Cc1cc(C)nc(SCC(=O)NCCC(=O)O)n1. The van der Waals surface area contributed by atoms with Crippen molar-refractivity contribution >= 4 is 23.6 Å². The van der Waals surface area contributed by atoms with Gasteiger partial charge in [0.05, 0.1) is 12.2 Å². The van der Waals surface area contributed by atoms with Gasteiger partial charge in [0, 0.05) is 17.9 Å². The van der Waals surface area contributed by atoms with Crippen molar-refractivity contribution in [3.8, 4) is 0 Å². The van der Waals surface area contributed by atoms with Crippen molar-refractivity contribution in [1.82, 2.24) is 15.3 Å². The van der Waals surface area contributed by atoms with Gasteiger partial charge in [-0.2, -0.15) is 0 Å². The van der Waals surface area contributed by atoms with E-state index in [2.05, 4.69) is 15.3 Å². The van der Waals surface area contributed by atoms with Crippen molar-refractivity contribution in [1.29, 1.82) is 0 Å². The lowest BCUT2D eigenvalue weighted by Crippen LogP contribution is -2.27. The van der Waals surface area contributed by atoms with Crippen LogP contribution in [0.15, 0.2) is 11.2 Å². The van der Waals surface area contributed by atoms with E-state index in [1.807, 2.05) is 19.9 Å². The van der Waals surface area contributed by atoms with Gasteiger partial charge in [-0.1, -0.05) is 11.8 Å². The van der Waals surface area contributed by atoms with E-state index < -0.39 is 5.97 Å². The first-order valence-electron chi connectivity index (χ1n) is 5.41. The molecule has 1 rings (SSSR count). The number of aliphatic carboxylic acids is 1. The molecule has 1 aromatic heterocycles. The highest BCUT2D eigenvalue weighted by molar-refractivity contribution is 7.99. The van der Waals surface area contributed by atoms with Crippen LogP contribution < -0.4 is 5.32 Å². The molecule has 0 atom stereocenters. The summed E-state index contributed by atoms with van der Waals surface area (Å²) in [5.74, 6) is -0.965. The number of nitrogens with zero attached hydrogens (tertiary/aromatic N) is 2. The lowest BCUT2D eigenvalue weighted by molar-refractivity contribution is -0.136. The predicted molar refractivity (Wildman–Crippen MR) is 67.5 cm³/mol. The Morgan fingerprint density at radius 1 is 1.33 bits per heavy atom. The Kier molecular flexibility index (Phi) is 5.57. The van der Waals surface area contributed by atoms with E-state index in [9.17, 15) is 9.59 Å². The third-order valence-corrected chi connectivity index (χ3v) is 2.80. The van der Waals surface area contributed by atoms with Crippen LogP contribution >= 0.6 is 11.8 Å². The van der Waals surface area contributed by atoms with Crippen LogP contribution in [0.4, 0.5) is 0 Å². The number of aromatic nitrogens is 2. The standard InChI is InChI=1S/C11H15N3O3S/c1-7-5-8(2)14-11(13-7)18-6-9(15)12-4-3-10(16)17/h5H,3-4,6H2,1-2H3,(H,12,15)(H,16,17). The number of thioether (sulfide) groups is 1. The van der Waals surface area contributed by atoms with Gasteiger partial charge in [0.25, 0.3) is 0 Å². The van der Waals surface area contributed by atoms with Gasteiger partial charge < -0.3 is 10.4 Å². The highest BCUT2D eigenvalue weighted by atomic mass is 32.2. The molecule has 0 spiro atoms. The molecule has 0 aliphatic carbocycles. The van der Waals surface area contributed by atoms with Crippen LogP contribution in [0.25, 0.3) is 0 Å². The first-order chi connectivity index (χ1) is 8.47. The smallest absolute Gasteiger partial charge is 0.305 e. The molecule has 0 aliphatic heterocycles. The minimum absolute atomic E-state index is 0.0730. The van der Waals surface area contributed by atoms with Crippen molar-refractivity contribution in [2.24, 2.45) is 0 Å². The highest BCUT2D eigenvalue weighted by Gasteiger charge is 2.06. The summed E-state index contributed by atoms with van der Waals surface area (Å²) in [7, 11) is 0. The molecule has 6 nitrogen and oxygen atoms in total. The van der Waals surface area contributed by atoms with Crippen LogP contribution in [0.2, 0.25) is 0 Å². The second kappa shape index (κ2) is 6.95. The zero-order chi connectivity index (χ0) is 13.5. The number of hydrogen-bond acceptors (Lipinski definition) is 5. The Morgan fingerprint density at radius 2 is 1.94 bits per heavy atom. The van der Waals surface area contributed by atoms with Gasteiger partial charge in [-0.05, 0) is 19.9 Å². The summed E-state index contributed by atoms with van der Waals surface area (Å²) in [6, 6.07) is 1.86. The summed E-state index contributed by atoms with van der Waals surface area (Å²) in [6.07, 6.45) is -0.0730. The molecule has 98 valence electrons. The Balaban J connectivity index is 2.35. The van der Waals surface area contributed by atoms with E-state index >= 15 is 0 Å². The number of carbonyl (C=O) groups is 2. The Hall–Kier alpha value is -1.63. The summed E-state index contributed by atoms with van der Waals surface area (Å²) in [5.41, 5.74) is 1.72. The molecular formula is C11H15N3O3S. The summed E-state index contributed by atoms with van der Waals surface area (Å²) < 4.78 is 0. The molecule has 0 bridgehead atoms. The van der Waals surface area contributed by atoms with Crippen LogP contribution in [-0.2, 0) is 9.59 Å². The zero-order valence-electron chi connectivity index (χ0n) is 10.3. The highest BCUT2D eigenvalue weighted by Crippen LogP contribution is 2.13. The molecule has 0 fully saturated rings. The number of amides is 1. The Labute approximate surface area is 109 Å². The molecule has 1 amide bonds. The third-order valence-electron chi connectivity index (χ3n) is 1.96. The average molecular weight is 269 g/mol. The number of carboxylic acid groups (broad SMARTS) is 1. The summed E-state index contributed by atoms with van der Waals surface area (Å²) >= 11 is 1.23. The van der Waals surface area contributed by atoms with Gasteiger partial charge in [0.15, 0.2) is 5.16 Å². The van der Waals surface area contributed by atoms with Crippen LogP contribution in [0.3, 0.4) is 0 Å². The largest absolute Gasteiger partial charge is 0.481 e. The fourth-order valence-corrected chi connectivity index (χ4v) is 2.03. The molecule has 0 radical (unpaired) electrons. The van der Waals surface area contributed by atoms with Crippen LogP contribution in [-0.4, -0.2) is 39.2 Å². The van der Waals surface area contributed by atoms with Gasteiger partial charge >= 0.3 is 5.97 Å². The van der Waals surface area contributed by atoms with E-state index in [1.165, 1.54) is 11.8 Å². The van der Waals surface area contributed by atoms with Crippen LogP contribution in [0, 0.1) is 13.8 Å². The monoisotopic (exact) mass is 269 g/mol. The maximum absolute atomic E-state index is 11.4. The second-order valence-electron chi connectivity index (χ2n) is 3.72. The van der Waals surface area contributed by atoms with Gasteiger partial charge in [-0.25, -0.2) is 9.97 Å². The van der Waals surface area contributed by atoms with E-state index in [0.717, 1.165) is 11.4 Å². The van der Waals surface area contributed by atoms with Crippen molar-refractivity contribution in [2.45, 2.75) is 25.4 Å². The van der Waals surface area contributed by atoms with Crippen molar-refractivity contribution in [2.75, 3.05) is 12.3 Å². The maximum atomic E-state index is 11.4. The maximum Gasteiger partial charge on any atom is 0.305 e. The quantitative estimate of drug-likeness (QED) is 0.585. The second-order valence-corrected chi connectivity index (χ2v) is 4.66. The normalized spacial score (nSPS) is 10.1. The van der Waals surface area contributed by atoms with Crippen molar-refractivity contribution in [3.63, 3.8) is 0 Å². The summed E-state index contributed by atoms with van der Waals surface area (Å²) in [6.45, 7) is 3.87. The number of carboxylic acids is 1. The molecule has 2 N–H and O–H groups in total. The molecule has 0 saturated heterocycles. The predicted octanol–water partition coefficient (Wildman–Crippen LogP) is 0.776. The lowest BCUT2D eigenvalue weighted by Gasteiger charge is -2.04. The number of hydrogen-bond donors (Lipinski definition) is 2. The number of rotatable bonds is 6. The number of nitrogens with one attached hydrogen (secondary N) is 1. The van der Waals surface area contributed by atoms with Crippen LogP contribution in [0.5, 0.6) is 0 Å². The van der Waals surface area contributed by atoms with Gasteiger partial charge in [0.2, 0.25) is 5.91 Å². The fraction of sp³-hybridized carbons (Fsp3) is 0.455. The summed E-state index contributed by atoms with van der Waals surface area (Å²) in [4.78, 5) is 30.0. The molecule has 18 heavy (non-hydrogen) atoms. The van der Waals surface area contributed by atoms with Crippen molar-refractivity contribution in [3.05, 3.63) is 17.5 Å². The number of aryl methyl sites for hydroxylation is 2. The number of carbonyl (C=O) groups excluding carboxylic acids is 1. The first-order valence-corrected chi connectivity index (χ1v) is 6.39. The minimum atomic E-state index is -0.930. The molecular weight excluding hydrogens is 254 g/mol. The van der Waals surface area contributed by atoms with E-state index in [1.54, 1.807) is 0 Å². The molecule has 1 aromatic rings. The Morgan fingerprint density at radius 3 is 2.50 bits per heavy atom. The Bertz CT molecular complexity index is 431. The van der Waals surface area contributed by atoms with Crippen LogP contribution in [0.1, 0.15) is 17.8 Å². The van der Waals surface area contributed by atoms with Gasteiger partial charge in [-0.3, -0.25) is 9.59 Å². The average Bonchev–Trinajstić information content (AvgIpc) is 2.24. The zero-order valence-corrected chi connectivity index (χ0v) is 11.1. The molecule has 7 heteroatoms. The molecule has 1 heterocycles. The summed E-state index contributed by atoms with van der Waals surface area (Å²) in [5, 5.41) is 11.5. The lowest BCUT2D eigenvalue weighted by atomic mass is 10.4. The van der Waals surface area contributed by atoms with E-state index in [0.29, 0.717) is 5.16 Å². The first kappa shape index (κ1) is 14.4. The fourth-order valence-electron chi connectivity index (χ4n) is 1.25. The third kappa shape index (κ3) is 5.62. The van der Waals surface area contributed by atoms with E-state index in [4.69, 9.17) is 5.11 Å². The molecule has 0 saturated carbocycles. The molecule has 0 aromatic carbocycles. The van der Waals surface area contributed by atoms with E-state index in [-0.39, 0.29) is 24.6 Å².